The number of nitriles is 1. The average Bonchev–Trinajstić information content (AvgIpc) is 2.66. The zero-order chi connectivity index (χ0) is 10.8. The van der Waals surface area contributed by atoms with Gasteiger partial charge >= 0.3 is 0 Å². The molecule has 0 spiro atoms. The summed E-state index contributed by atoms with van der Waals surface area (Å²) in [6, 6.07) is 5.96. The topological polar surface area (TPSA) is 80.5 Å². The van der Waals surface area contributed by atoms with Gasteiger partial charge in [0, 0.05) is 5.69 Å². The van der Waals surface area contributed by atoms with Crippen LogP contribution < -0.4 is 5.73 Å². The van der Waals surface area contributed by atoms with Gasteiger partial charge in [0.15, 0.2) is 5.82 Å². The first kappa shape index (κ1) is 9.15. The van der Waals surface area contributed by atoms with Crippen molar-refractivity contribution in [3.05, 3.63) is 36.2 Å². The molecule has 0 amide bonds. The van der Waals surface area contributed by atoms with Gasteiger partial charge in [-0.3, -0.25) is 0 Å². The van der Waals surface area contributed by atoms with Gasteiger partial charge in [0.05, 0.1) is 0 Å². The maximum atomic E-state index is 13.4. The zero-order valence-corrected chi connectivity index (χ0v) is 7.55. The maximum absolute atomic E-state index is 13.4. The van der Waals surface area contributed by atoms with E-state index in [1.165, 1.54) is 23.1 Å². The van der Waals surface area contributed by atoms with E-state index in [0.29, 0.717) is 5.69 Å². The van der Waals surface area contributed by atoms with Crippen molar-refractivity contribution in [2.24, 2.45) is 0 Å². The van der Waals surface area contributed by atoms with Gasteiger partial charge < -0.3 is 5.73 Å². The summed E-state index contributed by atoms with van der Waals surface area (Å²) in [5.74, 6) is -0.518. The highest BCUT2D eigenvalue weighted by Crippen LogP contribution is 2.14. The SMILES string of the molecule is N#Cc1ncn(-c2ccc(N)cc2F)n1. The molecule has 2 N–H and O–H groups in total. The predicted octanol–water partition coefficient (Wildman–Crippen LogP) is 0.860. The predicted molar refractivity (Wildman–Crippen MR) is 50.4 cm³/mol. The maximum Gasteiger partial charge on any atom is 0.252 e. The summed E-state index contributed by atoms with van der Waals surface area (Å²) >= 11 is 0. The van der Waals surface area contributed by atoms with Crippen LogP contribution in [0.25, 0.3) is 5.69 Å². The monoisotopic (exact) mass is 203 g/mol. The molecule has 74 valence electrons. The van der Waals surface area contributed by atoms with E-state index in [4.69, 9.17) is 11.0 Å². The van der Waals surface area contributed by atoms with E-state index in [9.17, 15) is 4.39 Å². The van der Waals surface area contributed by atoms with Crippen LogP contribution in [0.3, 0.4) is 0 Å². The van der Waals surface area contributed by atoms with E-state index in [1.54, 1.807) is 12.1 Å². The molecular weight excluding hydrogens is 197 g/mol. The van der Waals surface area contributed by atoms with E-state index in [1.807, 2.05) is 0 Å². The van der Waals surface area contributed by atoms with Crippen LogP contribution in [0.1, 0.15) is 5.82 Å². The Kier molecular flexibility index (Phi) is 2.06. The fourth-order valence-corrected chi connectivity index (χ4v) is 1.14. The van der Waals surface area contributed by atoms with E-state index >= 15 is 0 Å². The quantitative estimate of drug-likeness (QED) is 0.697. The Hall–Kier alpha value is -2.42. The third-order valence-electron chi connectivity index (χ3n) is 1.81. The smallest absolute Gasteiger partial charge is 0.252 e. The van der Waals surface area contributed by atoms with Gasteiger partial charge in [0.25, 0.3) is 5.82 Å². The molecule has 0 fully saturated rings. The fraction of sp³-hybridized carbons (Fsp3) is 0. The van der Waals surface area contributed by atoms with Crippen molar-refractivity contribution in [3.63, 3.8) is 0 Å². The highest BCUT2D eigenvalue weighted by Gasteiger charge is 2.07. The lowest BCUT2D eigenvalue weighted by Gasteiger charge is -2.02. The molecule has 2 aromatic rings. The highest BCUT2D eigenvalue weighted by molar-refractivity contribution is 5.45. The van der Waals surface area contributed by atoms with E-state index < -0.39 is 5.82 Å². The summed E-state index contributed by atoms with van der Waals surface area (Å²) in [6.45, 7) is 0. The van der Waals surface area contributed by atoms with Crippen LogP contribution in [-0.2, 0) is 0 Å². The first-order valence-electron chi connectivity index (χ1n) is 4.08. The van der Waals surface area contributed by atoms with Crippen molar-refractivity contribution in [2.45, 2.75) is 0 Å². The van der Waals surface area contributed by atoms with Gasteiger partial charge in [-0.2, -0.15) is 5.26 Å². The second kappa shape index (κ2) is 3.38. The van der Waals surface area contributed by atoms with Crippen molar-refractivity contribution in [2.75, 3.05) is 5.73 Å². The zero-order valence-electron chi connectivity index (χ0n) is 7.55. The summed E-state index contributed by atoms with van der Waals surface area (Å²) in [5.41, 5.74) is 5.94. The van der Waals surface area contributed by atoms with Crippen LogP contribution in [0, 0.1) is 17.1 Å². The van der Waals surface area contributed by atoms with Crippen molar-refractivity contribution in [1.82, 2.24) is 14.8 Å². The van der Waals surface area contributed by atoms with Gasteiger partial charge in [-0.1, -0.05) is 0 Å². The van der Waals surface area contributed by atoms with Crippen LogP contribution in [0.15, 0.2) is 24.5 Å². The molecule has 0 aliphatic rings. The Morgan fingerprint density at radius 1 is 1.47 bits per heavy atom. The fourth-order valence-electron chi connectivity index (χ4n) is 1.14. The minimum Gasteiger partial charge on any atom is -0.399 e. The van der Waals surface area contributed by atoms with Gasteiger partial charge in [0.2, 0.25) is 0 Å². The number of nitrogens with zero attached hydrogens (tertiary/aromatic N) is 4. The molecule has 0 radical (unpaired) electrons. The standard InChI is InChI=1S/C9H6FN5/c10-7-3-6(12)1-2-8(7)15-5-13-9(4-11)14-15/h1-3,5H,12H2. The lowest BCUT2D eigenvalue weighted by atomic mass is 10.3. The molecule has 5 nitrogen and oxygen atoms in total. The molecular formula is C9H6FN5. The minimum absolute atomic E-state index is 0.00812. The van der Waals surface area contributed by atoms with Crippen molar-refractivity contribution in [1.29, 1.82) is 5.26 Å². The van der Waals surface area contributed by atoms with Crippen LogP contribution in [-0.4, -0.2) is 14.8 Å². The normalized spacial score (nSPS) is 9.87. The summed E-state index contributed by atoms with van der Waals surface area (Å²) < 4.78 is 14.6. The minimum atomic E-state index is -0.510. The average molecular weight is 203 g/mol. The van der Waals surface area contributed by atoms with Gasteiger partial charge in [-0.15, -0.1) is 5.10 Å². The molecule has 0 saturated carbocycles. The van der Waals surface area contributed by atoms with Crippen LogP contribution in [0.2, 0.25) is 0 Å². The Labute approximate surface area is 84.6 Å². The molecule has 15 heavy (non-hydrogen) atoms. The number of nitrogens with two attached hydrogens (primary N) is 1. The van der Waals surface area contributed by atoms with Crippen LogP contribution >= 0.6 is 0 Å². The van der Waals surface area contributed by atoms with Crippen LogP contribution in [0.5, 0.6) is 0 Å². The first-order chi connectivity index (χ1) is 7.20. The lowest BCUT2D eigenvalue weighted by molar-refractivity contribution is 0.611. The second-order valence-corrected chi connectivity index (χ2v) is 2.84. The molecule has 0 atom stereocenters. The number of nitrogen functional groups attached to an aromatic ring is 1. The Morgan fingerprint density at radius 2 is 2.27 bits per heavy atom. The molecule has 1 heterocycles. The number of hydrogen-bond donors (Lipinski definition) is 1. The molecule has 0 aliphatic heterocycles. The molecule has 1 aromatic carbocycles. The second-order valence-electron chi connectivity index (χ2n) is 2.84. The van der Waals surface area contributed by atoms with Crippen LogP contribution in [0.4, 0.5) is 10.1 Å². The Balaban J connectivity index is 2.50. The number of halogens is 1. The number of rotatable bonds is 1. The highest BCUT2D eigenvalue weighted by atomic mass is 19.1. The number of hydrogen-bond acceptors (Lipinski definition) is 4. The molecule has 6 heteroatoms. The molecule has 0 saturated heterocycles. The molecule has 1 aromatic heterocycles. The lowest BCUT2D eigenvalue weighted by Crippen LogP contribution is -1.99. The van der Waals surface area contributed by atoms with E-state index in [2.05, 4.69) is 10.1 Å². The third-order valence-corrected chi connectivity index (χ3v) is 1.81. The van der Waals surface area contributed by atoms with E-state index in [0.717, 1.165) is 0 Å². The summed E-state index contributed by atoms with van der Waals surface area (Å²) in [5, 5.41) is 12.3. The van der Waals surface area contributed by atoms with Gasteiger partial charge in [-0.25, -0.2) is 14.1 Å². The molecule has 2 rings (SSSR count). The number of aromatic nitrogens is 3. The van der Waals surface area contributed by atoms with Crippen molar-refractivity contribution < 1.29 is 4.39 Å². The third kappa shape index (κ3) is 1.62. The van der Waals surface area contributed by atoms with Crippen molar-refractivity contribution in [3.8, 4) is 11.8 Å². The Bertz CT molecular complexity index is 540. The summed E-state index contributed by atoms with van der Waals surface area (Å²) in [7, 11) is 0. The van der Waals surface area contributed by atoms with E-state index in [-0.39, 0.29) is 11.5 Å². The molecule has 0 aliphatic carbocycles. The van der Waals surface area contributed by atoms with Crippen molar-refractivity contribution >= 4 is 5.69 Å². The summed E-state index contributed by atoms with van der Waals surface area (Å²) in [4.78, 5) is 3.67. The summed E-state index contributed by atoms with van der Waals surface area (Å²) in [6.07, 6.45) is 1.27. The largest absolute Gasteiger partial charge is 0.399 e. The van der Waals surface area contributed by atoms with Gasteiger partial charge in [0.1, 0.15) is 18.1 Å². The Morgan fingerprint density at radius 3 is 2.87 bits per heavy atom. The van der Waals surface area contributed by atoms with Gasteiger partial charge in [-0.05, 0) is 18.2 Å². The number of benzene rings is 1. The molecule has 0 bridgehead atoms. The first-order valence-corrected chi connectivity index (χ1v) is 4.08. The number of anilines is 1. The molecule has 0 unspecified atom stereocenters.